The summed E-state index contributed by atoms with van der Waals surface area (Å²) in [5.41, 5.74) is 4.96. The first-order valence-electron chi connectivity index (χ1n) is 2.45. The lowest BCUT2D eigenvalue weighted by atomic mass is 10.1. The highest BCUT2D eigenvalue weighted by atomic mass is 19.4. The lowest BCUT2D eigenvalue weighted by molar-refractivity contribution is -0.268. The Hall–Kier alpha value is -0.290. The van der Waals surface area contributed by atoms with E-state index in [2.05, 4.69) is 4.74 Å². The standard InChI is InChI=1S/C4H6F3NO/c5-4(6,7)3-2(8)1-9-3/h2-3H,1,8H2. The summed E-state index contributed by atoms with van der Waals surface area (Å²) in [5, 5.41) is 0. The SMILES string of the molecule is NC1COC1C(F)(F)F. The molecule has 0 aromatic rings. The highest BCUT2D eigenvalue weighted by Gasteiger charge is 2.50. The fourth-order valence-electron chi connectivity index (χ4n) is 0.641. The second-order valence-electron chi connectivity index (χ2n) is 1.96. The predicted molar refractivity (Wildman–Crippen MR) is 23.8 cm³/mol. The van der Waals surface area contributed by atoms with Crippen LogP contribution in [-0.2, 0) is 4.74 Å². The van der Waals surface area contributed by atoms with Gasteiger partial charge in [0.15, 0.2) is 6.10 Å². The van der Waals surface area contributed by atoms with Gasteiger partial charge in [-0.2, -0.15) is 13.2 Å². The van der Waals surface area contributed by atoms with Gasteiger partial charge in [0.25, 0.3) is 0 Å². The molecule has 54 valence electrons. The third kappa shape index (κ3) is 1.16. The number of ether oxygens (including phenoxy) is 1. The highest BCUT2D eigenvalue weighted by molar-refractivity contribution is 4.87. The molecule has 0 aromatic carbocycles. The van der Waals surface area contributed by atoms with Gasteiger partial charge in [0, 0.05) is 0 Å². The fourth-order valence-corrected chi connectivity index (χ4v) is 0.641. The van der Waals surface area contributed by atoms with Crippen molar-refractivity contribution in [3.63, 3.8) is 0 Å². The molecular formula is C4H6F3NO. The van der Waals surface area contributed by atoms with Crippen molar-refractivity contribution in [1.82, 2.24) is 0 Å². The number of nitrogens with two attached hydrogens (primary N) is 1. The van der Waals surface area contributed by atoms with Crippen molar-refractivity contribution in [2.24, 2.45) is 5.73 Å². The maximum atomic E-state index is 11.5. The Labute approximate surface area is 49.8 Å². The summed E-state index contributed by atoms with van der Waals surface area (Å²) >= 11 is 0. The highest BCUT2D eigenvalue weighted by Crippen LogP contribution is 2.29. The molecule has 1 saturated heterocycles. The van der Waals surface area contributed by atoms with Crippen molar-refractivity contribution in [1.29, 1.82) is 0 Å². The second-order valence-corrected chi connectivity index (χ2v) is 1.96. The minimum atomic E-state index is -4.28. The van der Waals surface area contributed by atoms with Crippen LogP contribution in [0.2, 0.25) is 0 Å². The van der Waals surface area contributed by atoms with Crippen molar-refractivity contribution < 1.29 is 17.9 Å². The molecule has 2 atom stereocenters. The first-order chi connectivity index (χ1) is 4.02. The van der Waals surface area contributed by atoms with Crippen molar-refractivity contribution >= 4 is 0 Å². The van der Waals surface area contributed by atoms with Crippen LogP contribution >= 0.6 is 0 Å². The van der Waals surface area contributed by atoms with Gasteiger partial charge in [-0.15, -0.1) is 0 Å². The van der Waals surface area contributed by atoms with Crippen molar-refractivity contribution in [2.75, 3.05) is 6.61 Å². The number of halogens is 3. The lowest BCUT2D eigenvalue weighted by Crippen LogP contribution is -2.58. The number of alkyl halides is 3. The van der Waals surface area contributed by atoms with Gasteiger partial charge in [0.05, 0.1) is 12.6 Å². The van der Waals surface area contributed by atoms with E-state index in [0.29, 0.717) is 0 Å². The predicted octanol–water partition coefficient (Wildman–Crippen LogP) is 0.275. The van der Waals surface area contributed by atoms with Gasteiger partial charge in [-0.25, -0.2) is 0 Å². The van der Waals surface area contributed by atoms with Gasteiger partial charge in [-0.05, 0) is 0 Å². The van der Waals surface area contributed by atoms with Gasteiger partial charge in [0.1, 0.15) is 0 Å². The van der Waals surface area contributed by atoms with Crippen LogP contribution in [0.25, 0.3) is 0 Å². The van der Waals surface area contributed by atoms with Gasteiger partial charge in [0.2, 0.25) is 0 Å². The first-order valence-corrected chi connectivity index (χ1v) is 2.45. The Kier molecular flexibility index (Phi) is 1.40. The van der Waals surface area contributed by atoms with Crippen LogP contribution in [0, 0.1) is 0 Å². The minimum Gasteiger partial charge on any atom is -0.365 e. The molecule has 0 amide bonds. The normalized spacial score (nSPS) is 36.0. The van der Waals surface area contributed by atoms with E-state index in [-0.39, 0.29) is 6.61 Å². The molecule has 5 heteroatoms. The number of hydrogen-bond donors (Lipinski definition) is 1. The summed E-state index contributed by atoms with van der Waals surface area (Å²) in [6, 6.07) is -0.856. The third-order valence-electron chi connectivity index (χ3n) is 1.18. The minimum absolute atomic E-state index is 0.0180. The maximum absolute atomic E-state index is 11.5. The molecule has 0 aliphatic carbocycles. The second kappa shape index (κ2) is 1.85. The van der Waals surface area contributed by atoms with E-state index < -0.39 is 18.3 Å². The first kappa shape index (κ1) is 6.82. The third-order valence-corrected chi connectivity index (χ3v) is 1.18. The van der Waals surface area contributed by atoms with Crippen molar-refractivity contribution in [3.05, 3.63) is 0 Å². The summed E-state index contributed by atoms with van der Waals surface area (Å²) < 4.78 is 38.8. The summed E-state index contributed by atoms with van der Waals surface area (Å²) in [7, 11) is 0. The Morgan fingerprint density at radius 3 is 2.00 bits per heavy atom. The topological polar surface area (TPSA) is 35.2 Å². The number of hydrogen-bond acceptors (Lipinski definition) is 2. The van der Waals surface area contributed by atoms with Crippen LogP contribution in [0.5, 0.6) is 0 Å². The van der Waals surface area contributed by atoms with Gasteiger partial charge in [-0.1, -0.05) is 0 Å². The molecule has 1 aliphatic rings. The van der Waals surface area contributed by atoms with E-state index >= 15 is 0 Å². The summed E-state index contributed by atoms with van der Waals surface area (Å²) in [6.07, 6.45) is -6.00. The zero-order valence-corrected chi connectivity index (χ0v) is 4.48. The fraction of sp³-hybridized carbons (Fsp3) is 1.00. The maximum Gasteiger partial charge on any atom is 0.416 e. The molecule has 0 saturated carbocycles. The molecule has 2 nitrogen and oxygen atoms in total. The molecular weight excluding hydrogens is 135 g/mol. The largest absolute Gasteiger partial charge is 0.416 e. The molecule has 0 radical (unpaired) electrons. The molecule has 9 heavy (non-hydrogen) atoms. The molecule has 1 rings (SSSR count). The Balaban J connectivity index is 2.44. The zero-order chi connectivity index (χ0) is 7.07. The molecule has 1 heterocycles. The lowest BCUT2D eigenvalue weighted by Gasteiger charge is -2.34. The Morgan fingerprint density at radius 2 is 2.00 bits per heavy atom. The van der Waals surface area contributed by atoms with E-state index in [1.807, 2.05) is 0 Å². The van der Waals surface area contributed by atoms with Gasteiger partial charge in [-0.3, -0.25) is 0 Å². The Morgan fingerprint density at radius 1 is 1.44 bits per heavy atom. The van der Waals surface area contributed by atoms with Gasteiger partial charge >= 0.3 is 6.18 Å². The quantitative estimate of drug-likeness (QED) is 0.525. The number of rotatable bonds is 0. The van der Waals surface area contributed by atoms with Crippen LogP contribution in [0.4, 0.5) is 13.2 Å². The van der Waals surface area contributed by atoms with E-state index in [1.54, 1.807) is 0 Å². The average Bonchev–Trinajstić information content (AvgIpc) is 1.57. The van der Waals surface area contributed by atoms with Crippen molar-refractivity contribution in [2.45, 2.75) is 18.3 Å². The smallest absolute Gasteiger partial charge is 0.365 e. The van der Waals surface area contributed by atoms with Crippen LogP contribution in [0.1, 0.15) is 0 Å². The molecule has 0 bridgehead atoms. The summed E-state index contributed by atoms with van der Waals surface area (Å²) in [4.78, 5) is 0. The molecule has 1 aliphatic heterocycles. The van der Waals surface area contributed by atoms with Crippen LogP contribution in [0.3, 0.4) is 0 Å². The van der Waals surface area contributed by atoms with Crippen LogP contribution in [0.15, 0.2) is 0 Å². The Bertz CT molecular complexity index is 113. The van der Waals surface area contributed by atoms with Crippen LogP contribution < -0.4 is 5.73 Å². The van der Waals surface area contributed by atoms with E-state index in [4.69, 9.17) is 5.73 Å². The molecule has 2 unspecified atom stereocenters. The zero-order valence-electron chi connectivity index (χ0n) is 4.48. The molecule has 2 N–H and O–H groups in total. The van der Waals surface area contributed by atoms with Crippen LogP contribution in [-0.4, -0.2) is 24.9 Å². The monoisotopic (exact) mass is 141 g/mol. The van der Waals surface area contributed by atoms with Crippen molar-refractivity contribution in [3.8, 4) is 0 Å². The molecule has 1 fully saturated rings. The average molecular weight is 141 g/mol. The van der Waals surface area contributed by atoms with Gasteiger partial charge < -0.3 is 10.5 Å². The molecule has 0 spiro atoms. The summed E-state index contributed by atoms with van der Waals surface area (Å²) in [5.74, 6) is 0. The summed E-state index contributed by atoms with van der Waals surface area (Å²) in [6.45, 7) is 0.0180. The van der Waals surface area contributed by atoms with E-state index in [1.165, 1.54) is 0 Å². The molecule has 0 aromatic heterocycles. The van der Waals surface area contributed by atoms with E-state index in [9.17, 15) is 13.2 Å². The van der Waals surface area contributed by atoms with E-state index in [0.717, 1.165) is 0 Å².